The van der Waals surface area contributed by atoms with Gasteiger partial charge in [0.15, 0.2) is 12.4 Å². The third-order valence-electron chi connectivity index (χ3n) is 8.63. The maximum Gasteiger partial charge on any atom is 0.338 e. The maximum absolute atomic E-state index is 14.2. The highest BCUT2D eigenvalue weighted by atomic mass is 35.5. The predicted molar refractivity (Wildman–Crippen MR) is 158 cm³/mol. The molecule has 1 saturated heterocycles. The van der Waals surface area contributed by atoms with Gasteiger partial charge >= 0.3 is 5.97 Å². The van der Waals surface area contributed by atoms with Crippen LogP contribution in [0.15, 0.2) is 97.1 Å². The molecule has 1 heterocycles. The number of hydrogen-bond acceptors (Lipinski definition) is 5. The summed E-state index contributed by atoms with van der Waals surface area (Å²) in [6, 6.07) is 27.8. The second-order valence-corrected chi connectivity index (χ2v) is 12.1. The molecule has 8 rings (SSSR count). The summed E-state index contributed by atoms with van der Waals surface area (Å²) in [4.78, 5) is 52.3. The summed E-state index contributed by atoms with van der Waals surface area (Å²) in [5.41, 5.74) is 4.56. The van der Waals surface area contributed by atoms with E-state index in [1.165, 1.54) is 12.1 Å². The summed E-state index contributed by atoms with van der Waals surface area (Å²) in [6.45, 7) is 1.46. The number of Topliss-reactive ketones (excluding diaryl/α,β-unsaturated/α-hetero) is 1. The number of rotatable bonds is 5. The van der Waals surface area contributed by atoms with Gasteiger partial charge in [-0.3, -0.25) is 14.4 Å². The van der Waals surface area contributed by atoms with Gasteiger partial charge in [0.25, 0.3) is 0 Å². The van der Waals surface area contributed by atoms with E-state index in [1.807, 2.05) is 55.5 Å². The molecule has 0 aromatic heterocycles. The number of ketones is 1. The van der Waals surface area contributed by atoms with Gasteiger partial charge in [-0.25, -0.2) is 9.69 Å². The number of nitrogens with zero attached hydrogens (tertiary/aromatic N) is 1. The van der Waals surface area contributed by atoms with E-state index in [0.29, 0.717) is 27.8 Å². The maximum atomic E-state index is 14.2. The number of hydrogen-bond donors (Lipinski definition) is 0. The fraction of sp³-hybridized carbons (Fsp3) is 0.176. The number of imide groups is 1. The third kappa shape index (κ3) is 3.52. The lowest BCUT2D eigenvalue weighted by molar-refractivity contribution is -0.122. The molecular weight excluding hydrogens is 573 g/mol. The highest BCUT2D eigenvalue weighted by Gasteiger charge is 2.73. The number of alkyl halides is 2. The van der Waals surface area contributed by atoms with E-state index in [4.69, 9.17) is 27.9 Å². The van der Waals surface area contributed by atoms with Gasteiger partial charge in [0, 0.05) is 5.56 Å². The standard InChI is InChI=1S/C34H23Cl2NO5/c1-19-13-15-20(16-14-19)27(38)18-42-32(41)21-7-6-8-22(17-21)37-30(39)28-29(31(37)40)34(36)24-10-3-2-9-23(24)33(28,35)25-11-4-5-12-26(25)34/h2-17,28-29H,18H2,1H3/t28-,29-,33?,34?/m1/s1. The molecule has 4 aliphatic rings. The number of anilines is 1. The normalized spacial score (nSPS) is 25.1. The number of amides is 2. The summed E-state index contributed by atoms with van der Waals surface area (Å²) in [6.07, 6.45) is 0. The molecule has 2 bridgehead atoms. The van der Waals surface area contributed by atoms with Gasteiger partial charge in [-0.1, -0.05) is 84.4 Å². The number of aryl methyl sites for hydroxylation is 1. The zero-order valence-electron chi connectivity index (χ0n) is 22.3. The fourth-order valence-electron chi connectivity index (χ4n) is 6.73. The van der Waals surface area contributed by atoms with Crippen molar-refractivity contribution in [2.75, 3.05) is 11.5 Å². The van der Waals surface area contributed by atoms with Crippen LogP contribution in [0.5, 0.6) is 0 Å². The van der Waals surface area contributed by atoms with E-state index in [1.54, 1.807) is 36.4 Å². The highest BCUT2D eigenvalue weighted by molar-refractivity contribution is 6.38. The molecule has 0 spiro atoms. The topological polar surface area (TPSA) is 80.8 Å². The first kappa shape index (κ1) is 26.6. The van der Waals surface area contributed by atoms with E-state index in [9.17, 15) is 19.2 Å². The number of carbonyl (C=O) groups excluding carboxylic acids is 4. The van der Waals surface area contributed by atoms with Crippen LogP contribution < -0.4 is 4.90 Å². The van der Waals surface area contributed by atoms with Crippen LogP contribution in [0.25, 0.3) is 0 Å². The minimum atomic E-state index is -1.30. The van der Waals surface area contributed by atoms with Crippen LogP contribution in [-0.2, 0) is 24.1 Å². The van der Waals surface area contributed by atoms with Crippen LogP contribution in [0.4, 0.5) is 5.69 Å². The second kappa shape index (κ2) is 9.38. The molecule has 0 unspecified atom stereocenters. The van der Waals surface area contributed by atoms with Crippen LogP contribution in [0, 0.1) is 18.8 Å². The van der Waals surface area contributed by atoms with Crippen LogP contribution in [-0.4, -0.2) is 30.2 Å². The van der Waals surface area contributed by atoms with Gasteiger partial charge in [-0.05, 0) is 47.4 Å². The number of esters is 1. The first-order chi connectivity index (χ1) is 20.2. The Morgan fingerprint density at radius 3 is 1.71 bits per heavy atom. The lowest BCUT2D eigenvalue weighted by Gasteiger charge is -2.54. The van der Waals surface area contributed by atoms with Crippen LogP contribution >= 0.6 is 23.2 Å². The molecule has 3 aliphatic carbocycles. The quantitative estimate of drug-likeness (QED) is 0.120. The molecule has 1 aliphatic heterocycles. The number of carbonyl (C=O) groups is 4. The highest BCUT2D eigenvalue weighted by Crippen LogP contribution is 2.69. The second-order valence-electron chi connectivity index (χ2n) is 10.9. The van der Waals surface area contributed by atoms with Crippen LogP contribution in [0.2, 0.25) is 0 Å². The smallest absolute Gasteiger partial charge is 0.338 e. The van der Waals surface area contributed by atoms with Gasteiger partial charge in [0.1, 0.15) is 9.75 Å². The monoisotopic (exact) mass is 595 g/mol. The molecular formula is C34H23Cl2NO5. The molecule has 8 heteroatoms. The van der Waals surface area contributed by atoms with Crippen molar-refractivity contribution in [2.24, 2.45) is 11.8 Å². The van der Waals surface area contributed by atoms with Crippen molar-refractivity contribution in [1.29, 1.82) is 0 Å². The van der Waals surface area contributed by atoms with Crippen molar-refractivity contribution in [3.8, 4) is 0 Å². The Balaban J connectivity index is 1.22. The summed E-state index contributed by atoms with van der Waals surface area (Å²) < 4.78 is 5.28. The Morgan fingerprint density at radius 2 is 1.21 bits per heavy atom. The van der Waals surface area contributed by atoms with E-state index in [0.717, 1.165) is 10.5 Å². The van der Waals surface area contributed by atoms with Gasteiger partial charge in [-0.15, -0.1) is 23.2 Å². The number of ether oxygens (including phenoxy) is 1. The molecule has 208 valence electrons. The minimum absolute atomic E-state index is 0.0930. The van der Waals surface area contributed by atoms with Gasteiger partial charge < -0.3 is 4.74 Å². The zero-order chi connectivity index (χ0) is 29.4. The van der Waals surface area contributed by atoms with E-state index in [-0.39, 0.29) is 17.0 Å². The van der Waals surface area contributed by atoms with Gasteiger partial charge in [0.2, 0.25) is 11.8 Å². The lowest BCUT2D eigenvalue weighted by Crippen LogP contribution is -2.57. The molecule has 42 heavy (non-hydrogen) atoms. The molecule has 1 fully saturated rings. The van der Waals surface area contributed by atoms with E-state index in [2.05, 4.69) is 0 Å². The third-order valence-corrected chi connectivity index (χ3v) is 9.92. The molecule has 6 nitrogen and oxygen atoms in total. The van der Waals surface area contributed by atoms with E-state index < -0.39 is 46.0 Å². The molecule has 0 saturated carbocycles. The molecule has 2 atom stereocenters. The first-order valence-corrected chi connectivity index (χ1v) is 14.3. The van der Waals surface area contributed by atoms with E-state index >= 15 is 0 Å². The van der Waals surface area contributed by atoms with Crippen LogP contribution in [0.3, 0.4) is 0 Å². The molecule has 4 aromatic rings. The van der Waals surface area contributed by atoms with Crippen molar-refractivity contribution in [3.63, 3.8) is 0 Å². The predicted octanol–water partition coefficient (Wildman–Crippen LogP) is 6.13. The summed E-state index contributed by atoms with van der Waals surface area (Å²) >= 11 is 15.0. The SMILES string of the molecule is Cc1ccc(C(=O)COC(=O)c2cccc(N3C(=O)[C@H]4[C@H](C3=O)C3(Cl)c5ccccc5C4(Cl)c4ccccc43)c2)cc1. The first-order valence-electron chi connectivity index (χ1n) is 13.5. The summed E-state index contributed by atoms with van der Waals surface area (Å²) in [5.74, 6) is -4.00. The van der Waals surface area contributed by atoms with Crippen molar-refractivity contribution in [2.45, 2.75) is 16.7 Å². The average molecular weight is 596 g/mol. The minimum Gasteiger partial charge on any atom is -0.454 e. The number of halogens is 2. The Kier molecular flexibility index (Phi) is 5.95. The zero-order valence-corrected chi connectivity index (χ0v) is 23.9. The number of benzene rings is 4. The Hall–Kier alpha value is -4.26. The van der Waals surface area contributed by atoms with Crippen molar-refractivity contribution in [1.82, 2.24) is 0 Å². The van der Waals surface area contributed by atoms with Crippen molar-refractivity contribution in [3.05, 3.63) is 136 Å². The Labute approximate surface area is 251 Å². The van der Waals surface area contributed by atoms with Crippen molar-refractivity contribution < 1.29 is 23.9 Å². The van der Waals surface area contributed by atoms with Gasteiger partial charge in [0.05, 0.1) is 23.1 Å². The molecule has 0 N–H and O–H groups in total. The molecule has 0 radical (unpaired) electrons. The Bertz CT molecular complexity index is 1710. The fourth-order valence-corrected chi connectivity index (χ4v) is 7.83. The lowest BCUT2D eigenvalue weighted by atomic mass is 9.54. The van der Waals surface area contributed by atoms with Gasteiger partial charge in [-0.2, -0.15) is 0 Å². The largest absolute Gasteiger partial charge is 0.454 e. The average Bonchev–Trinajstić information content (AvgIpc) is 3.29. The van der Waals surface area contributed by atoms with Crippen molar-refractivity contribution >= 4 is 52.5 Å². The summed E-state index contributed by atoms with van der Waals surface area (Å²) in [5, 5.41) is 0. The summed E-state index contributed by atoms with van der Waals surface area (Å²) in [7, 11) is 0. The molecule has 2 amide bonds. The molecule has 4 aromatic carbocycles. The van der Waals surface area contributed by atoms with Crippen LogP contribution in [0.1, 0.15) is 48.5 Å². The Morgan fingerprint density at radius 1 is 0.714 bits per heavy atom.